The van der Waals surface area contributed by atoms with Crippen molar-refractivity contribution in [2.24, 2.45) is 0 Å². The van der Waals surface area contributed by atoms with Gasteiger partial charge in [-0.15, -0.1) is 0 Å². The molecule has 0 saturated heterocycles. The molecule has 16 heavy (non-hydrogen) atoms. The summed E-state index contributed by atoms with van der Waals surface area (Å²) < 4.78 is 27.7. The number of alkyl halides is 2. The Morgan fingerprint density at radius 3 is 1.19 bits per heavy atom. The fourth-order valence-corrected chi connectivity index (χ4v) is 1.61. The fraction of sp³-hybridized carbons (Fsp3) is 0.143. The molecule has 0 unspecified atom stereocenters. The largest absolute Gasteiger partial charge is 0.239 e. The van der Waals surface area contributed by atoms with Gasteiger partial charge in [-0.3, -0.25) is 0 Å². The first-order chi connectivity index (χ1) is 7.79. The van der Waals surface area contributed by atoms with Crippen LogP contribution in [0, 0.1) is 0 Å². The highest BCUT2D eigenvalue weighted by Gasteiger charge is 2.23. The molecule has 2 atom stereocenters. The lowest BCUT2D eigenvalue weighted by Crippen LogP contribution is -2.01. The summed E-state index contributed by atoms with van der Waals surface area (Å²) in [5.74, 6) is 0. The molecule has 0 aliphatic heterocycles. The van der Waals surface area contributed by atoms with Gasteiger partial charge in [-0.25, -0.2) is 8.78 Å². The molecule has 0 heterocycles. The summed E-state index contributed by atoms with van der Waals surface area (Å²) in [5, 5.41) is 0. The van der Waals surface area contributed by atoms with Gasteiger partial charge in [0.1, 0.15) is 0 Å². The van der Waals surface area contributed by atoms with E-state index in [1.807, 2.05) is 0 Å². The van der Waals surface area contributed by atoms with Crippen molar-refractivity contribution in [2.45, 2.75) is 12.3 Å². The standard InChI is InChI=1S/C14H12F2/c15-13(11-7-3-1-4-8-11)14(16)12-9-5-2-6-10-12/h1-10,13-14H/t13-,14-/m1/s1. The van der Waals surface area contributed by atoms with Crippen LogP contribution in [0.3, 0.4) is 0 Å². The molecular weight excluding hydrogens is 206 g/mol. The van der Waals surface area contributed by atoms with Crippen LogP contribution < -0.4 is 0 Å². The van der Waals surface area contributed by atoms with Crippen LogP contribution in [0.5, 0.6) is 0 Å². The maximum atomic E-state index is 13.8. The van der Waals surface area contributed by atoms with Crippen LogP contribution in [0.1, 0.15) is 23.5 Å². The van der Waals surface area contributed by atoms with E-state index in [1.165, 1.54) is 0 Å². The normalized spacial score (nSPS) is 14.4. The highest BCUT2D eigenvalue weighted by atomic mass is 19.2. The molecule has 0 aliphatic rings. The van der Waals surface area contributed by atoms with Gasteiger partial charge < -0.3 is 0 Å². The molecule has 0 amide bonds. The van der Waals surface area contributed by atoms with Gasteiger partial charge >= 0.3 is 0 Å². The summed E-state index contributed by atoms with van der Waals surface area (Å²) in [5.41, 5.74) is 0.748. The summed E-state index contributed by atoms with van der Waals surface area (Å²) >= 11 is 0. The van der Waals surface area contributed by atoms with Gasteiger partial charge in [0.25, 0.3) is 0 Å². The Balaban J connectivity index is 2.20. The van der Waals surface area contributed by atoms with E-state index in [0.717, 1.165) is 0 Å². The molecule has 2 aromatic rings. The molecule has 82 valence electrons. The lowest BCUT2D eigenvalue weighted by atomic mass is 10.0. The van der Waals surface area contributed by atoms with Crippen LogP contribution in [-0.2, 0) is 0 Å². The van der Waals surface area contributed by atoms with Gasteiger partial charge in [0.2, 0.25) is 0 Å². The first-order valence-electron chi connectivity index (χ1n) is 5.17. The predicted molar refractivity (Wildman–Crippen MR) is 60.6 cm³/mol. The molecule has 0 aromatic heterocycles. The van der Waals surface area contributed by atoms with Crippen LogP contribution in [-0.4, -0.2) is 0 Å². The van der Waals surface area contributed by atoms with Crippen molar-refractivity contribution in [2.75, 3.05) is 0 Å². The lowest BCUT2D eigenvalue weighted by molar-refractivity contribution is 0.170. The molecule has 0 saturated carbocycles. The van der Waals surface area contributed by atoms with E-state index < -0.39 is 12.3 Å². The highest BCUT2D eigenvalue weighted by molar-refractivity contribution is 5.24. The van der Waals surface area contributed by atoms with E-state index in [1.54, 1.807) is 60.7 Å². The lowest BCUT2D eigenvalue weighted by Gasteiger charge is -2.13. The van der Waals surface area contributed by atoms with E-state index in [4.69, 9.17) is 0 Å². The predicted octanol–water partition coefficient (Wildman–Crippen LogP) is 4.41. The Bertz CT molecular complexity index is 382. The van der Waals surface area contributed by atoms with E-state index in [9.17, 15) is 8.78 Å². The Hall–Kier alpha value is -1.70. The van der Waals surface area contributed by atoms with Gasteiger partial charge in [0.15, 0.2) is 12.3 Å². The van der Waals surface area contributed by atoms with Gasteiger partial charge in [-0.1, -0.05) is 60.7 Å². The first kappa shape index (κ1) is 10.8. The second kappa shape index (κ2) is 4.88. The zero-order valence-corrected chi connectivity index (χ0v) is 8.68. The number of rotatable bonds is 3. The summed E-state index contributed by atoms with van der Waals surface area (Å²) in [6.45, 7) is 0. The molecule has 0 bridgehead atoms. The fourth-order valence-electron chi connectivity index (χ4n) is 1.61. The minimum Gasteiger partial charge on any atom is -0.239 e. The molecular formula is C14H12F2. The van der Waals surface area contributed by atoms with E-state index in [0.29, 0.717) is 11.1 Å². The van der Waals surface area contributed by atoms with Crippen molar-refractivity contribution in [3.8, 4) is 0 Å². The molecule has 2 rings (SSSR count). The van der Waals surface area contributed by atoms with Crippen LogP contribution in [0.2, 0.25) is 0 Å². The smallest absolute Gasteiger partial charge is 0.160 e. The molecule has 0 fully saturated rings. The van der Waals surface area contributed by atoms with E-state index in [2.05, 4.69) is 0 Å². The maximum absolute atomic E-state index is 13.8. The number of hydrogen-bond acceptors (Lipinski definition) is 0. The van der Waals surface area contributed by atoms with Crippen molar-refractivity contribution in [1.82, 2.24) is 0 Å². The van der Waals surface area contributed by atoms with Crippen LogP contribution in [0.4, 0.5) is 8.78 Å². The molecule has 0 aliphatic carbocycles. The van der Waals surface area contributed by atoms with Gasteiger partial charge in [0, 0.05) is 0 Å². The zero-order valence-electron chi connectivity index (χ0n) is 8.68. The summed E-state index contributed by atoms with van der Waals surface area (Å²) in [7, 11) is 0. The van der Waals surface area contributed by atoms with Crippen LogP contribution >= 0.6 is 0 Å². The third kappa shape index (κ3) is 2.27. The second-order valence-corrected chi connectivity index (χ2v) is 3.62. The third-order valence-corrected chi connectivity index (χ3v) is 2.49. The van der Waals surface area contributed by atoms with Crippen LogP contribution in [0.25, 0.3) is 0 Å². The number of benzene rings is 2. The monoisotopic (exact) mass is 218 g/mol. The Kier molecular flexibility index (Phi) is 3.30. The Morgan fingerprint density at radius 1 is 0.562 bits per heavy atom. The summed E-state index contributed by atoms with van der Waals surface area (Å²) in [6, 6.07) is 16.8. The zero-order chi connectivity index (χ0) is 11.4. The van der Waals surface area contributed by atoms with E-state index in [-0.39, 0.29) is 0 Å². The SMILES string of the molecule is F[C@H](c1ccccc1)[C@H](F)c1ccccc1. The Labute approximate surface area is 93.5 Å². The van der Waals surface area contributed by atoms with E-state index >= 15 is 0 Å². The minimum absolute atomic E-state index is 0.374. The maximum Gasteiger partial charge on any atom is 0.160 e. The minimum atomic E-state index is -1.61. The Morgan fingerprint density at radius 2 is 0.875 bits per heavy atom. The second-order valence-electron chi connectivity index (χ2n) is 3.62. The topological polar surface area (TPSA) is 0 Å². The quantitative estimate of drug-likeness (QED) is 0.715. The molecule has 0 N–H and O–H groups in total. The summed E-state index contributed by atoms with van der Waals surface area (Å²) in [4.78, 5) is 0. The van der Waals surface area contributed by atoms with Gasteiger partial charge in [0.05, 0.1) is 0 Å². The van der Waals surface area contributed by atoms with Gasteiger partial charge in [-0.05, 0) is 11.1 Å². The first-order valence-corrected chi connectivity index (χ1v) is 5.17. The average molecular weight is 218 g/mol. The van der Waals surface area contributed by atoms with Crippen molar-refractivity contribution >= 4 is 0 Å². The van der Waals surface area contributed by atoms with Crippen molar-refractivity contribution in [3.63, 3.8) is 0 Å². The molecule has 2 heteroatoms. The van der Waals surface area contributed by atoms with Crippen molar-refractivity contribution < 1.29 is 8.78 Å². The van der Waals surface area contributed by atoms with Crippen LogP contribution in [0.15, 0.2) is 60.7 Å². The van der Waals surface area contributed by atoms with Gasteiger partial charge in [-0.2, -0.15) is 0 Å². The highest BCUT2D eigenvalue weighted by Crippen LogP contribution is 2.34. The molecule has 2 aromatic carbocycles. The van der Waals surface area contributed by atoms with Crippen molar-refractivity contribution in [3.05, 3.63) is 71.8 Å². The third-order valence-electron chi connectivity index (χ3n) is 2.49. The molecule has 0 radical (unpaired) electrons. The number of hydrogen-bond donors (Lipinski definition) is 0. The number of halogens is 2. The molecule has 0 spiro atoms. The summed E-state index contributed by atoms with van der Waals surface area (Å²) in [6.07, 6.45) is -3.22. The van der Waals surface area contributed by atoms with Crippen molar-refractivity contribution in [1.29, 1.82) is 0 Å². The molecule has 0 nitrogen and oxygen atoms in total. The average Bonchev–Trinajstić information content (AvgIpc) is 2.39.